The average Bonchev–Trinajstić information content (AvgIpc) is 3.55. The number of imidazole rings is 1. The van der Waals surface area contributed by atoms with Crippen LogP contribution in [0.15, 0.2) is 97.1 Å². The molecule has 250 valence electrons. The molecule has 1 aliphatic rings. The highest BCUT2D eigenvalue weighted by Gasteiger charge is 2.32. The zero-order chi connectivity index (χ0) is 33.9. The molecule has 0 fully saturated rings. The third kappa shape index (κ3) is 13.1. The summed E-state index contributed by atoms with van der Waals surface area (Å²) in [6, 6.07) is 16.3. The monoisotopic (exact) mass is 643 g/mol. The van der Waals surface area contributed by atoms with Gasteiger partial charge >= 0.3 is 0 Å². The Balaban J connectivity index is 0.00000111. The van der Waals surface area contributed by atoms with Crippen molar-refractivity contribution in [2.75, 3.05) is 19.8 Å². The van der Waals surface area contributed by atoms with Crippen molar-refractivity contribution in [2.24, 2.45) is 0 Å². The fraction of sp³-hybridized carbons (Fsp3) is 0.395. The Kier molecular flexibility index (Phi) is 15.8. The van der Waals surface area contributed by atoms with Gasteiger partial charge in [0.1, 0.15) is 37.4 Å². The maximum atomic E-state index is 13.2. The second-order valence-electron chi connectivity index (χ2n) is 11.2. The largest absolute Gasteiger partial charge is 0.550 e. The maximum absolute atomic E-state index is 13.2. The molecule has 2 aromatic carbocycles. The highest BCUT2D eigenvalue weighted by molar-refractivity contribution is 5.63. The van der Waals surface area contributed by atoms with Crippen molar-refractivity contribution in [2.45, 2.75) is 77.9 Å². The molecule has 1 atom stereocenters. The lowest BCUT2D eigenvalue weighted by atomic mass is 9.97. The lowest BCUT2D eigenvalue weighted by molar-refractivity contribution is -0.686. The fourth-order valence-electron chi connectivity index (χ4n) is 4.71. The van der Waals surface area contributed by atoms with Crippen molar-refractivity contribution in [1.29, 1.82) is 5.26 Å². The quantitative estimate of drug-likeness (QED) is 0.138. The molecule has 0 spiro atoms. The number of carboxylic acids is 1. The number of rotatable bonds is 17. The van der Waals surface area contributed by atoms with Gasteiger partial charge in [0.25, 0.3) is 0 Å². The highest BCUT2D eigenvalue weighted by Crippen LogP contribution is 2.29. The van der Waals surface area contributed by atoms with Gasteiger partial charge in [-0.15, -0.1) is 0 Å². The van der Waals surface area contributed by atoms with Gasteiger partial charge in [0, 0.05) is 12.4 Å². The Morgan fingerprint density at radius 2 is 1.77 bits per heavy atom. The molecule has 0 bridgehead atoms. The van der Waals surface area contributed by atoms with Crippen molar-refractivity contribution >= 4 is 12.0 Å². The minimum Gasteiger partial charge on any atom is -0.550 e. The van der Waals surface area contributed by atoms with Crippen LogP contribution in [0.1, 0.15) is 63.1 Å². The molecule has 0 saturated carbocycles. The van der Waals surface area contributed by atoms with Crippen LogP contribution in [0.3, 0.4) is 0 Å². The molecule has 1 unspecified atom stereocenters. The van der Waals surface area contributed by atoms with E-state index < -0.39 is 11.8 Å². The number of halogens is 1. The maximum Gasteiger partial charge on any atom is 0.244 e. The molecule has 0 aliphatic heterocycles. The minimum absolute atomic E-state index is 0.111. The first kappa shape index (κ1) is 37.1. The number of nitrogens with zero attached hydrogens (tertiary/aromatic N) is 3. The van der Waals surface area contributed by atoms with E-state index in [1.54, 1.807) is 12.1 Å². The van der Waals surface area contributed by atoms with Crippen molar-refractivity contribution in [1.82, 2.24) is 4.57 Å². The van der Waals surface area contributed by atoms with Crippen LogP contribution in [0.2, 0.25) is 0 Å². The van der Waals surface area contributed by atoms with Gasteiger partial charge in [0.05, 0.1) is 31.5 Å². The normalized spacial score (nSPS) is 14.2. The molecule has 8 nitrogen and oxygen atoms in total. The average molecular weight is 644 g/mol. The van der Waals surface area contributed by atoms with E-state index in [0.717, 1.165) is 36.0 Å². The van der Waals surface area contributed by atoms with Crippen LogP contribution in [-0.2, 0) is 38.5 Å². The molecular weight excluding hydrogens is 597 g/mol. The number of aromatic nitrogens is 2. The molecule has 0 radical (unpaired) electrons. The van der Waals surface area contributed by atoms with Crippen molar-refractivity contribution < 1.29 is 33.1 Å². The minimum atomic E-state index is -0.995. The van der Waals surface area contributed by atoms with Crippen LogP contribution < -0.4 is 9.67 Å². The first-order valence-corrected chi connectivity index (χ1v) is 16.2. The highest BCUT2D eigenvalue weighted by atomic mass is 19.1. The van der Waals surface area contributed by atoms with E-state index in [0.29, 0.717) is 44.9 Å². The van der Waals surface area contributed by atoms with Crippen molar-refractivity contribution in [3.05, 3.63) is 120 Å². The van der Waals surface area contributed by atoms with Crippen molar-refractivity contribution in [3.63, 3.8) is 0 Å². The lowest BCUT2D eigenvalue weighted by Crippen LogP contribution is -2.36. The van der Waals surface area contributed by atoms with Crippen LogP contribution in [0.5, 0.6) is 0 Å². The predicted molar refractivity (Wildman–Crippen MR) is 177 cm³/mol. The first-order chi connectivity index (χ1) is 22.8. The molecule has 1 aromatic heterocycles. The molecule has 47 heavy (non-hydrogen) atoms. The summed E-state index contributed by atoms with van der Waals surface area (Å²) in [6.07, 6.45) is 19.7. The molecule has 0 amide bonds. The third-order valence-electron chi connectivity index (χ3n) is 7.33. The van der Waals surface area contributed by atoms with Crippen LogP contribution in [-0.4, -0.2) is 42.2 Å². The number of ether oxygens (including phenoxy) is 3. The Morgan fingerprint density at radius 3 is 2.34 bits per heavy atom. The molecule has 1 heterocycles. The Morgan fingerprint density at radius 1 is 1.09 bits per heavy atom. The van der Waals surface area contributed by atoms with E-state index in [1.807, 2.05) is 42.6 Å². The van der Waals surface area contributed by atoms with Crippen LogP contribution in [0.25, 0.3) is 6.08 Å². The second kappa shape index (κ2) is 20.0. The molecule has 3 aromatic rings. The van der Waals surface area contributed by atoms with Gasteiger partial charge in [0.2, 0.25) is 6.33 Å². The zero-order valence-electron chi connectivity index (χ0n) is 27.6. The van der Waals surface area contributed by atoms with E-state index in [2.05, 4.69) is 59.8 Å². The van der Waals surface area contributed by atoms with Crippen LogP contribution in [0.4, 0.5) is 4.39 Å². The standard InChI is InChI=1S/C35H41FN3O3.C3H6O2/c1-3-23-41-35(42-24-4-2)18-15-32(16-19-35)34(40-25-17-30-7-9-31(26-37)10-8-30)27-39-22-21-38(28-39)20-5-6-29-11-13-33(36)14-12-29;1-2-3(4)5/h5-16,18,21-22,28,34H,3-4,17,19-20,23-25,27H2,1-2H3;2H2,1H3,(H,4,5)/q+1;/p-1. The van der Waals surface area contributed by atoms with E-state index >= 15 is 0 Å². The van der Waals surface area contributed by atoms with E-state index in [4.69, 9.17) is 19.5 Å². The number of hydrogen-bond donors (Lipinski definition) is 0. The molecule has 0 N–H and O–H groups in total. The fourth-order valence-corrected chi connectivity index (χ4v) is 4.71. The number of aliphatic carboxylic acids is 1. The lowest BCUT2D eigenvalue weighted by Gasteiger charge is -2.33. The van der Waals surface area contributed by atoms with Crippen molar-refractivity contribution in [3.8, 4) is 6.07 Å². The van der Waals surface area contributed by atoms with Gasteiger partial charge in [0.15, 0.2) is 5.79 Å². The Labute approximate surface area is 278 Å². The van der Waals surface area contributed by atoms with Gasteiger partial charge in [-0.05, 0) is 78.8 Å². The topological polar surface area (TPSA) is 100 Å². The summed E-state index contributed by atoms with van der Waals surface area (Å²) in [5.74, 6) is -1.96. The SMILES string of the molecule is CCC(=O)[O-].CCCOC1(OCCC)C=CC(C(Cn2cc[n+](CC=Cc3ccc(F)cc3)c2)OCCc2ccc(C#N)cc2)=CC1. The third-order valence-corrected chi connectivity index (χ3v) is 7.33. The number of carboxylic acid groups (broad SMARTS) is 1. The number of carbonyl (C=O) groups is 1. The van der Waals surface area contributed by atoms with Crippen LogP contribution >= 0.6 is 0 Å². The van der Waals surface area contributed by atoms with Crippen LogP contribution in [0, 0.1) is 17.1 Å². The van der Waals surface area contributed by atoms with Gasteiger partial charge < -0.3 is 24.1 Å². The number of allylic oxidation sites excluding steroid dienone is 1. The summed E-state index contributed by atoms with van der Waals surface area (Å²) in [5.41, 5.74) is 3.85. The molecule has 1 aliphatic carbocycles. The molecule has 9 heteroatoms. The first-order valence-electron chi connectivity index (χ1n) is 16.2. The summed E-state index contributed by atoms with van der Waals surface area (Å²) in [5, 5.41) is 18.3. The van der Waals surface area contributed by atoms with Gasteiger partial charge in [-0.25, -0.2) is 13.5 Å². The van der Waals surface area contributed by atoms with E-state index in [9.17, 15) is 14.3 Å². The molecular formula is C38H46FN3O5. The zero-order valence-corrected chi connectivity index (χ0v) is 27.6. The Hall–Kier alpha value is -4.36. The van der Waals surface area contributed by atoms with Gasteiger partial charge in [-0.1, -0.05) is 63.3 Å². The number of hydrogen-bond acceptors (Lipinski definition) is 6. The number of carbonyl (C=O) groups excluding carboxylic acids is 1. The smallest absolute Gasteiger partial charge is 0.244 e. The van der Waals surface area contributed by atoms with E-state index in [-0.39, 0.29) is 18.3 Å². The van der Waals surface area contributed by atoms with E-state index in [1.165, 1.54) is 19.1 Å². The summed E-state index contributed by atoms with van der Waals surface area (Å²) < 4.78 is 36.2. The summed E-state index contributed by atoms with van der Waals surface area (Å²) in [4.78, 5) is 9.26. The summed E-state index contributed by atoms with van der Waals surface area (Å²) in [6.45, 7) is 8.91. The molecule has 0 saturated heterocycles. The second-order valence-corrected chi connectivity index (χ2v) is 11.2. The predicted octanol–water partition coefficient (Wildman–Crippen LogP) is 5.71. The summed E-state index contributed by atoms with van der Waals surface area (Å²) in [7, 11) is 0. The number of benzene rings is 2. The number of nitriles is 1. The Bertz CT molecular complexity index is 1500. The summed E-state index contributed by atoms with van der Waals surface area (Å²) >= 11 is 0. The molecule has 4 rings (SSSR count). The van der Waals surface area contributed by atoms with Gasteiger partial charge in [-0.3, -0.25) is 0 Å². The van der Waals surface area contributed by atoms with Gasteiger partial charge in [-0.2, -0.15) is 5.26 Å².